The molecule has 0 saturated carbocycles. The third-order valence-corrected chi connectivity index (χ3v) is 1.80. The molecule has 0 spiro atoms. The summed E-state index contributed by atoms with van der Waals surface area (Å²) in [6.07, 6.45) is 3.68. The van der Waals surface area contributed by atoms with E-state index in [1.807, 2.05) is 6.92 Å². The molecule has 1 aromatic rings. The highest BCUT2D eigenvalue weighted by atomic mass is 35.5. The number of halogens is 1. The van der Waals surface area contributed by atoms with E-state index in [0.717, 1.165) is 11.3 Å². The summed E-state index contributed by atoms with van der Waals surface area (Å²) in [6.45, 7) is 1.89. The van der Waals surface area contributed by atoms with E-state index in [2.05, 4.69) is 10.3 Å². The molecule has 0 saturated heterocycles. The molecule has 0 fully saturated rings. The number of hydrogen-bond donors (Lipinski definition) is 1. The summed E-state index contributed by atoms with van der Waals surface area (Å²) in [5.41, 5.74) is 1.75. The summed E-state index contributed by atoms with van der Waals surface area (Å²) in [6, 6.07) is 1.77. The molecule has 1 aromatic heterocycles. The Morgan fingerprint density at radius 3 is 3.08 bits per heavy atom. The molecule has 1 rings (SSSR count). The van der Waals surface area contributed by atoms with E-state index >= 15 is 0 Å². The van der Waals surface area contributed by atoms with Crippen molar-refractivity contribution in [2.45, 2.75) is 13.3 Å². The number of nitrogens with one attached hydrogen (secondary N) is 1. The Balaban J connectivity index is 2.63. The molecule has 4 heteroatoms. The van der Waals surface area contributed by atoms with Gasteiger partial charge in [0.15, 0.2) is 0 Å². The number of rotatable bonds is 3. The zero-order valence-electron chi connectivity index (χ0n) is 7.38. The highest BCUT2D eigenvalue weighted by Gasteiger charge is 2.02. The summed E-state index contributed by atoms with van der Waals surface area (Å²) in [5, 5.41) is 2.75. The van der Waals surface area contributed by atoms with Crippen molar-refractivity contribution in [3.63, 3.8) is 0 Å². The number of nitrogens with zero attached hydrogens (tertiary/aromatic N) is 1. The molecule has 0 unspecified atom stereocenters. The molecular formula is C9H11ClN2O. The van der Waals surface area contributed by atoms with Gasteiger partial charge in [-0.3, -0.25) is 9.78 Å². The molecule has 1 heterocycles. The highest BCUT2D eigenvalue weighted by molar-refractivity contribution is 6.19. The number of alkyl halides is 1. The monoisotopic (exact) mass is 198 g/mol. The lowest BCUT2D eigenvalue weighted by Crippen LogP contribution is -2.12. The van der Waals surface area contributed by atoms with Crippen molar-refractivity contribution < 1.29 is 4.79 Å². The van der Waals surface area contributed by atoms with Crippen LogP contribution in [0.4, 0.5) is 5.69 Å². The third-order valence-electron chi connectivity index (χ3n) is 1.62. The normalized spacial score (nSPS) is 9.69. The predicted octanol–water partition coefficient (Wildman–Crippen LogP) is 1.96. The average Bonchev–Trinajstić information content (AvgIpc) is 2.09. The lowest BCUT2D eigenvalue weighted by molar-refractivity contribution is -0.115. The maximum Gasteiger partial charge on any atom is 0.225 e. The van der Waals surface area contributed by atoms with Crippen molar-refractivity contribution in [3.05, 3.63) is 24.0 Å². The van der Waals surface area contributed by atoms with E-state index in [0.29, 0.717) is 12.3 Å². The van der Waals surface area contributed by atoms with E-state index < -0.39 is 0 Å². The van der Waals surface area contributed by atoms with Crippen LogP contribution in [0.25, 0.3) is 0 Å². The Morgan fingerprint density at radius 1 is 1.69 bits per heavy atom. The number of amides is 1. The van der Waals surface area contributed by atoms with Gasteiger partial charge in [0.25, 0.3) is 0 Å². The van der Waals surface area contributed by atoms with Gasteiger partial charge in [-0.05, 0) is 18.6 Å². The van der Waals surface area contributed by atoms with Crippen LogP contribution in [0.2, 0.25) is 0 Å². The molecule has 0 bridgehead atoms. The molecule has 70 valence electrons. The Bertz CT molecular complexity index is 301. The predicted molar refractivity (Wildman–Crippen MR) is 52.9 cm³/mol. The van der Waals surface area contributed by atoms with Crippen LogP contribution in [-0.4, -0.2) is 16.8 Å². The Morgan fingerprint density at radius 2 is 2.46 bits per heavy atom. The van der Waals surface area contributed by atoms with E-state index in [1.54, 1.807) is 18.5 Å². The summed E-state index contributed by atoms with van der Waals surface area (Å²) in [4.78, 5) is 15.1. The summed E-state index contributed by atoms with van der Waals surface area (Å²) in [5.74, 6) is 0.278. The molecule has 0 aliphatic rings. The van der Waals surface area contributed by atoms with Gasteiger partial charge in [-0.15, -0.1) is 11.6 Å². The van der Waals surface area contributed by atoms with Gasteiger partial charge < -0.3 is 5.32 Å². The minimum absolute atomic E-state index is 0.0655. The fourth-order valence-corrected chi connectivity index (χ4v) is 1.08. The van der Waals surface area contributed by atoms with Gasteiger partial charge in [0.2, 0.25) is 5.91 Å². The van der Waals surface area contributed by atoms with Crippen LogP contribution in [0.1, 0.15) is 12.0 Å². The van der Waals surface area contributed by atoms with Crippen LogP contribution < -0.4 is 5.32 Å². The van der Waals surface area contributed by atoms with Gasteiger partial charge in [-0.1, -0.05) is 0 Å². The number of carbonyl (C=O) groups excluding carboxylic acids is 1. The van der Waals surface area contributed by atoms with E-state index in [9.17, 15) is 4.79 Å². The Hall–Kier alpha value is -1.09. The minimum Gasteiger partial charge on any atom is -0.326 e. The first-order valence-corrected chi connectivity index (χ1v) is 4.54. The van der Waals surface area contributed by atoms with Crippen LogP contribution in [-0.2, 0) is 4.79 Å². The van der Waals surface area contributed by atoms with Gasteiger partial charge in [0.05, 0.1) is 0 Å². The number of carbonyl (C=O) groups is 1. The summed E-state index contributed by atoms with van der Waals surface area (Å²) >= 11 is 5.43. The maximum absolute atomic E-state index is 11.1. The van der Waals surface area contributed by atoms with E-state index in [1.165, 1.54) is 0 Å². The van der Waals surface area contributed by atoms with Crippen molar-refractivity contribution in [1.29, 1.82) is 0 Å². The summed E-state index contributed by atoms with van der Waals surface area (Å²) in [7, 11) is 0. The van der Waals surface area contributed by atoms with Crippen molar-refractivity contribution in [2.75, 3.05) is 11.2 Å². The topological polar surface area (TPSA) is 42.0 Å². The number of pyridine rings is 1. The van der Waals surface area contributed by atoms with Gasteiger partial charge in [0, 0.05) is 30.4 Å². The first-order chi connectivity index (χ1) is 6.24. The second kappa shape index (κ2) is 4.82. The molecule has 0 aromatic carbocycles. The number of aromatic nitrogens is 1. The molecule has 0 aliphatic heterocycles. The van der Waals surface area contributed by atoms with Crippen LogP contribution in [0.5, 0.6) is 0 Å². The molecule has 1 N–H and O–H groups in total. The molecule has 13 heavy (non-hydrogen) atoms. The first-order valence-electron chi connectivity index (χ1n) is 4.00. The molecule has 3 nitrogen and oxygen atoms in total. The molecule has 1 amide bonds. The first kappa shape index (κ1) is 9.99. The molecular weight excluding hydrogens is 188 g/mol. The zero-order valence-corrected chi connectivity index (χ0v) is 8.14. The standard InChI is InChI=1S/C9H11ClN2O/c1-7-6-11-5-3-8(7)12-9(13)2-4-10/h3,5-6H,2,4H2,1H3,(H,11,12,13). The lowest BCUT2D eigenvalue weighted by Gasteiger charge is -2.05. The second-order valence-electron chi connectivity index (χ2n) is 2.68. The van der Waals surface area contributed by atoms with Crippen molar-refractivity contribution >= 4 is 23.2 Å². The second-order valence-corrected chi connectivity index (χ2v) is 3.06. The fourth-order valence-electron chi connectivity index (χ4n) is 0.912. The molecule has 0 radical (unpaired) electrons. The van der Waals surface area contributed by atoms with Gasteiger partial charge in [0.1, 0.15) is 0 Å². The van der Waals surface area contributed by atoms with Crippen molar-refractivity contribution in [2.24, 2.45) is 0 Å². The minimum atomic E-state index is -0.0655. The highest BCUT2D eigenvalue weighted by Crippen LogP contribution is 2.11. The largest absolute Gasteiger partial charge is 0.326 e. The maximum atomic E-state index is 11.1. The van der Waals surface area contributed by atoms with Gasteiger partial charge in [-0.2, -0.15) is 0 Å². The van der Waals surface area contributed by atoms with E-state index in [4.69, 9.17) is 11.6 Å². The van der Waals surface area contributed by atoms with Crippen LogP contribution >= 0.6 is 11.6 Å². The van der Waals surface area contributed by atoms with Crippen molar-refractivity contribution in [1.82, 2.24) is 4.98 Å². The Kier molecular flexibility index (Phi) is 3.71. The molecule has 0 atom stereocenters. The molecule has 0 aliphatic carbocycles. The van der Waals surface area contributed by atoms with Crippen LogP contribution in [0.3, 0.4) is 0 Å². The lowest BCUT2D eigenvalue weighted by atomic mass is 10.2. The average molecular weight is 199 g/mol. The van der Waals surface area contributed by atoms with Crippen LogP contribution in [0, 0.1) is 6.92 Å². The SMILES string of the molecule is Cc1cnccc1NC(=O)CCCl. The number of hydrogen-bond acceptors (Lipinski definition) is 2. The van der Waals surface area contributed by atoms with Gasteiger partial charge in [-0.25, -0.2) is 0 Å². The van der Waals surface area contributed by atoms with Crippen molar-refractivity contribution in [3.8, 4) is 0 Å². The zero-order chi connectivity index (χ0) is 9.68. The number of anilines is 1. The number of aryl methyl sites for hydroxylation is 1. The fraction of sp³-hybridized carbons (Fsp3) is 0.333. The van der Waals surface area contributed by atoms with Gasteiger partial charge >= 0.3 is 0 Å². The Labute approximate surface area is 82.1 Å². The van der Waals surface area contributed by atoms with Crippen LogP contribution in [0.15, 0.2) is 18.5 Å². The summed E-state index contributed by atoms with van der Waals surface area (Å²) < 4.78 is 0. The van der Waals surface area contributed by atoms with E-state index in [-0.39, 0.29) is 5.91 Å². The third kappa shape index (κ3) is 3.03. The smallest absolute Gasteiger partial charge is 0.225 e. The quantitative estimate of drug-likeness (QED) is 0.755.